The molecule has 0 radical (unpaired) electrons. The number of piperidine rings is 1. The highest BCUT2D eigenvalue weighted by Crippen LogP contribution is 2.27. The lowest BCUT2D eigenvalue weighted by molar-refractivity contribution is 0.188. The van der Waals surface area contributed by atoms with Crippen LogP contribution >= 0.6 is 0 Å². The van der Waals surface area contributed by atoms with E-state index in [1.54, 1.807) is 6.26 Å². The van der Waals surface area contributed by atoms with Gasteiger partial charge in [0.15, 0.2) is 5.96 Å². The molecule has 1 N–H and O–H groups in total. The molecule has 0 amide bonds. The number of hydrogen-bond acceptors (Lipinski definition) is 4. The fraction of sp³-hybridized carbons (Fsp3) is 0.600. The van der Waals surface area contributed by atoms with Gasteiger partial charge in [0, 0.05) is 32.0 Å². The van der Waals surface area contributed by atoms with E-state index < -0.39 is 0 Å². The van der Waals surface area contributed by atoms with Crippen LogP contribution in [0.3, 0.4) is 0 Å². The van der Waals surface area contributed by atoms with Gasteiger partial charge in [-0.15, -0.1) is 0 Å². The number of furan rings is 1. The lowest BCUT2D eigenvalue weighted by Gasteiger charge is -2.39. The Morgan fingerprint density at radius 1 is 1.48 bits per heavy atom. The van der Waals surface area contributed by atoms with E-state index in [4.69, 9.17) is 9.41 Å². The Labute approximate surface area is 162 Å². The number of guanidine groups is 1. The average Bonchev–Trinajstić information content (AvgIpc) is 3.35. The van der Waals surface area contributed by atoms with Crippen LogP contribution in [-0.4, -0.2) is 65.6 Å². The van der Waals surface area contributed by atoms with Crippen LogP contribution in [0.5, 0.6) is 0 Å². The van der Waals surface area contributed by atoms with Gasteiger partial charge in [0.1, 0.15) is 5.76 Å². The third kappa shape index (κ3) is 4.71. The topological polar surface area (TPSA) is 61.8 Å². The predicted molar refractivity (Wildman–Crippen MR) is 108 cm³/mol. The summed E-state index contributed by atoms with van der Waals surface area (Å²) in [6.45, 7) is 7.91. The zero-order valence-electron chi connectivity index (χ0n) is 16.9. The lowest BCUT2D eigenvalue weighted by atomic mass is 9.93. The van der Waals surface area contributed by atoms with Crippen LogP contribution in [0, 0.1) is 5.92 Å². The van der Waals surface area contributed by atoms with Crippen molar-refractivity contribution in [1.29, 1.82) is 0 Å². The Hall–Kier alpha value is -2.28. The fourth-order valence-corrected chi connectivity index (χ4v) is 3.68. The van der Waals surface area contributed by atoms with Crippen LogP contribution in [0.25, 0.3) is 0 Å². The van der Waals surface area contributed by atoms with Gasteiger partial charge in [-0.25, -0.2) is 4.98 Å². The Morgan fingerprint density at radius 3 is 2.96 bits per heavy atom. The van der Waals surface area contributed by atoms with E-state index in [2.05, 4.69) is 58.8 Å². The van der Waals surface area contributed by atoms with Gasteiger partial charge in [-0.05, 0) is 45.5 Å². The second-order valence-corrected chi connectivity index (χ2v) is 7.48. The zero-order chi connectivity index (χ0) is 19.2. The van der Waals surface area contributed by atoms with Gasteiger partial charge >= 0.3 is 0 Å². The minimum Gasteiger partial charge on any atom is -0.468 e. The van der Waals surface area contributed by atoms with Crippen molar-refractivity contribution in [1.82, 2.24) is 24.7 Å². The molecule has 1 saturated heterocycles. The van der Waals surface area contributed by atoms with E-state index in [1.165, 1.54) is 0 Å². The third-order valence-electron chi connectivity index (χ3n) is 5.37. The van der Waals surface area contributed by atoms with Gasteiger partial charge in [-0.1, -0.05) is 6.92 Å². The van der Waals surface area contributed by atoms with Crippen molar-refractivity contribution in [3.63, 3.8) is 0 Å². The molecule has 2 aromatic heterocycles. The number of likely N-dealkylation sites (tertiary alicyclic amines) is 1. The number of nitrogens with zero attached hydrogens (tertiary/aromatic N) is 5. The van der Waals surface area contributed by atoms with Crippen molar-refractivity contribution in [2.24, 2.45) is 10.9 Å². The quantitative estimate of drug-likeness (QED) is 0.624. The smallest absolute Gasteiger partial charge is 0.194 e. The largest absolute Gasteiger partial charge is 0.468 e. The first kappa shape index (κ1) is 19.5. The van der Waals surface area contributed by atoms with Crippen molar-refractivity contribution in [3.8, 4) is 0 Å². The molecule has 27 heavy (non-hydrogen) atoms. The van der Waals surface area contributed by atoms with Crippen LogP contribution in [0.1, 0.15) is 38.1 Å². The van der Waals surface area contributed by atoms with Crippen molar-refractivity contribution >= 4 is 5.96 Å². The summed E-state index contributed by atoms with van der Waals surface area (Å²) >= 11 is 0. The Bertz CT molecular complexity index is 694. The average molecular weight is 373 g/mol. The molecule has 3 heterocycles. The molecule has 0 spiro atoms. The molecule has 2 aromatic rings. The molecule has 0 saturated carbocycles. The third-order valence-corrected chi connectivity index (χ3v) is 5.37. The van der Waals surface area contributed by atoms with Crippen molar-refractivity contribution in [2.75, 3.05) is 40.3 Å². The molecule has 3 rings (SSSR count). The Balaban J connectivity index is 1.74. The van der Waals surface area contributed by atoms with Crippen molar-refractivity contribution in [2.45, 2.75) is 32.4 Å². The molecule has 148 valence electrons. The van der Waals surface area contributed by atoms with Crippen LogP contribution in [0.15, 0.2) is 46.5 Å². The van der Waals surface area contributed by atoms with Gasteiger partial charge in [-0.2, -0.15) is 0 Å². The molecule has 7 heteroatoms. The van der Waals surface area contributed by atoms with E-state index in [0.717, 1.165) is 37.8 Å². The maximum atomic E-state index is 5.62. The predicted octanol–water partition coefficient (Wildman–Crippen LogP) is 2.63. The molecular formula is C20H32N6O. The molecular weight excluding hydrogens is 340 g/mol. The summed E-state index contributed by atoms with van der Waals surface area (Å²) in [4.78, 5) is 13.7. The summed E-state index contributed by atoms with van der Waals surface area (Å²) in [7, 11) is 4.13. The van der Waals surface area contributed by atoms with Gasteiger partial charge in [0.25, 0.3) is 0 Å². The SMILES string of the molecule is CCNC(=NCC(c1ccco1)N(C)C)N1CCC(C)C(n2ccnc2)C1. The first-order chi connectivity index (χ1) is 13.1. The number of aliphatic imine (C=N–C) groups is 1. The van der Waals surface area contributed by atoms with Gasteiger partial charge in [-0.3, -0.25) is 9.89 Å². The Morgan fingerprint density at radius 2 is 2.33 bits per heavy atom. The molecule has 3 unspecified atom stereocenters. The van der Waals surface area contributed by atoms with Crippen LogP contribution in [0.4, 0.5) is 0 Å². The van der Waals surface area contributed by atoms with Crippen molar-refractivity contribution in [3.05, 3.63) is 42.9 Å². The molecule has 0 bridgehead atoms. The van der Waals surface area contributed by atoms with Gasteiger partial charge < -0.3 is 19.2 Å². The maximum Gasteiger partial charge on any atom is 0.194 e. The number of hydrogen-bond donors (Lipinski definition) is 1. The van der Waals surface area contributed by atoms with Gasteiger partial charge in [0.05, 0.1) is 31.2 Å². The molecule has 1 fully saturated rings. The minimum atomic E-state index is 0.127. The Kier molecular flexibility index (Phi) is 6.55. The van der Waals surface area contributed by atoms with E-state index in [9.17, 15) is 0 Å². The number of imidazole rings is 1. The van der Waals surface area contributed by atoms with Crippen molar-refractivity contribution < 1.29 is 4.42 Å². The summed E-state index contributed by atoms with van der Waals surface area (Å²) in [6, 6.07) is 4.49. The molecule has 7 nitrogen and oxygen atoms in total. The normalized spacial score (nSPS) is 22.3. The van der Waals surface area contributed by atoms with Crippen LogP contribution < -0.4 is 5.32 Å². The van der Waals surface area contributed by atoms with Crippen LogP contribution in [0.2, 0.25) is 0 Å². The summed E-state index contributed by atoms with van der Waals surface area (Å²) in [5.74, 6) is 2.55. The van der Waals surface area contributed by atoms with E-state index in [1.807, 2.05) is 24.7 Å². The first-order valence-electron chi connectivity index (χ1n) is 9.80. The zero-order valence-corrected chi connectivity index (χ0v) is 16.9. The monoisotopic (exact) mass is 372 g/mol. The van der Waals surface area contributed by atoms with Gasteiger partial charge in [0.2, 0.25) is 0 Å². The summed E-state index contributed by atoms with van der Waals surface area (Å²) in [5, 5.41) is 3.47. The second kappa shape index (κ2) is 9.08. The number of likely N-dealkylation sites (N-methyl/N-ethyl adjacent to an activating group) is 1. The minimum absolute atomic E-state index is 0.127. The second-order valence-electron chi connectivity index (χ2n) is 7.48. The lowest BCUT2D eigenvalue weighted by Crippen LogP contribution is -2.49. The molecule has 0 aromatic carbocycles. The molecule has 1 aliphatic rings. The van der Waals surface area contributed by atoms with E-state index in [0.29, 0.717) is 18.5 Å². The van der Waals surface area contributed by atoms with E-state index in [-0.39, 0.29) is 6.04 Å². The standard InChI is InChI=1S/C20H32N6O/c1-5-22-20(23-13-17(24(3)4)19-7-6-12-27-19)25-10-8-16(2)18(14-25)26-11-9-21-15-26/h6-7,9,11-12,15-18H,5,8,10,13-14H2,1-4H3,(H,22,23). The number of nitrogens with one attached hydrogen (secondary N) is 1. The molecule has 0 aliphatic carbocycles. The number of rotatable bonds is 6. The highest BCUT2D eigenvalue weighted by molar-refractivity contribution is 5.80. The summed E-state index contributed by atoms with van der Waals surface area (Å²) in [6.07, 6.45) is 8.71. The summed E-state index contributed by atoms with van der Waals surface area (Å²) in [5.41, 5.74) is 0. The molecule has 1 aliphatic heterocycles. The first-order valence-corrected chi connectivity index (χ1v) is 9.80. The molecule has 3 atom stereocenters. The number of aromatic nitrogens is 2. The highest BCUT2D eigenvalue weighted by Gasteiger charge is 2.29. The van der Waals surface area contributed by atoms with E-state index >= 15 is 0 Å². The summed E-state index contributed by atoms with van der Waals surface area (Å²) < 4.78 is 7.85. The maximum absolute atomic E-state index is 5.62. The highest BCUT2D eigenvalue weighted by atomic mass is 16.3. The fourth-order valence-electron chi connectivity index (χ4n) is 3.68. The van der Waals surface area contributed by atoms with Crippen LogP contribution in [-0.2, 0) is 0 Å².